The van der Waals surface area contributed by atoms with Crippen molar-refractivity contribution in [1.82, 2.24) is 10.2 Å². The standard InChI is InChI=1S/C16H21ClN2O/c1-16(8-2-3-9-16)11-19-14(20)10-18-15(19)12-4-6-13(17)7-5-12/h4-7,15,18H,2-3,8-11H2,1H3. The lowest BCUT2D eigenvalue weighted by Gasteiger charge is -2.33. The third kappa shape index (κ3) is 2.70. The molecule has 2 aliphatic rings. The lowest BCUT2D eigenvalue weighted by atomic mass is 9.88. The number of nitrogens with one attached hydrogen (secondary N) is 1. The molecule has 1 aliphatic carbocycles. The van der Waals surface area contributed by atoms with Crippen molar-refractivity contribution in [2.75, 3.05) is 13.1 Å². The first-order chi connectivity index (χ1) is 9.57. The molecule has 20 heavy (non-hydrogen) atoms. The van der Waals surface area contributed by atoms with Crippen molar-refractivity contribution in [2.45, 2.75) is 38.8 Å². The van der Waals surface area contributed by atoms with Gasteiger partial charge in [-0.15, -0.1) is 0 Å². The van der Waals surface area contributed by atoms with E-state index in [0.717, 1.165) is 17.1 Å². The average Bonchev–Trinajstić information content (AvgIpc) is 3.00. The summed E-state index contributed by atoms with van der Waals surface area (Å²) in [5.41, 5.74) is 1.40. The molecule has 3 rings (SSSR count). The number of benzene rings is 1. The maximum absolute atomic E-state index is 12.2. The minimum absolute atomic E-state index is 0.00260. The Morgan fingerprint density at radius 3 is 2.60 bits per heavy atom. The largest absolute Gasteiger partial charge is 0.321 e. The van der Waals surface area contributed by atoms with Gasteiger partial charge in [-0.25, -0.2) is 0 Å². The Bertz CT molecular complexity index is 494. The number of rotatable bonds is 3. The molecule has 2 fully saturated rings. The molecule has 4 heteroatoms. The zero-order chi connectivity index (χ0) is 14.2. The van der Waals surface area contributed by atoms with Crippen LogP contribution in [0.4, 0.5) is 0 Å². The second-order valence-electron chi connectivity index (χ2n) is 6.37. The fraction of sp³-hybridized carbons (Fsp3) is 0.562. The molecule has 1 amide bonds. The molecular formula is C16H21ClN2O. The molecule has 0 spiro atoms. The second kappa shape index (κ2) is 5.38. The van der Waals surface area contributed by atoms with Crippen molar-refractivity contribution in [2.24, 2.45) is 5.41 Å². The van der Waals surface area contributed by atoms with E-state index in [-0.39, 0.29) is 17.5 Å². The van der Waals surface area contributed by atoms with Gasteiger partial charge in [0.1, 0.15) is 6.17 Å². The predicted octanol–water partition coefficient (Wildman–Crippen LogP) is 3.35. The predicted molar refractivity (Wildman–Crippen MR) is 80.5 cm³/mol. The van der Waals surface area contributed by atoms with Crippen LogP contribution in [0.1, 0.15) is 44.3 Å². The topological polar surface area (TPSA) is 32.3 Å². The summed E-state index contributed by atoms with van der Waals surface area (Å²) in [4.78, 5) is 14.2. The van der Waals surface area contributed by atoms with Gasteiger partial charge in [-0.3, -0.25) is 10.1 Å². The van der Waals surface area contributed by atoms with Crippen molar-refractivity contribution >= 4 is 17.5 Å². The Morgan fingerprint density at radius 2 is 1.95 bits per heavy atom. The highest BCUT2D eigenvalue weighted by molar-refractivity contribution is 6.30. The van der Waals surface area contributed by atoms with Crippen LogP contribution in [0.2, 0.25) is 5.02 Å². The quantitative estimate of drug-likeness (QED) is 0.926. The smallest absolute Gasteiger partial charge is 0.238 e. The van der Waals surface area contributed by atoms with E-state index in [1.807, 2.05) is 29.2 Å². The SMILES string of the molecule is CC1(CN2C(=O)CNC2c2ccc(Cl)cc2)CCCC1. The van der Waals surface area contributed by atoms with Gasteiger partial charge in [0.2, 0.25) is 5.91 Å². The van der Waals surface area contributed by atoms with Crippen LogP contribution < -0.4 is 5.32 Å². The molecule has 0 bridgehead atoms. The van der Waals surface area contributed by atoms with Crippen LogP contribution in [0.5, 0.6) is 0 Å². The van der Waals surface area contributed by atoms with E-state index in [1.54, 1.807) is 0 Å². The number of amides is 1. The van der Waals surface area contributed by atoms with Crippen molar-refractivity contribution in [3.63, 3.8) is 0 Å². The van der Waals surface area contributed by atoms with Crippen LogP contribution >= 0.6 is 11.6 Å². The van der Waals surface area contributed by atoms with E-state index in [9.17, 15) is 4.79 Å². The maximum Gasteiger partial charge on any atom is 0.238 e. The number of carbonyl (C=O) groups is 1. The molecule has 1 atom stereocenters. The molecule has 1 aromatic carbocycles. The normalized spacial score (nSPS) is 25.4. The van der Waals surface area contributed by atoms with Gasteiger partial charge < -0.3 is 4.90 Å². The summed E-state index contributed by atoms with van der Waals surface area (Å²) in [6.07, 6.45) is 5.03. The number of nitrogens with zero attached hydrogens (tertiary/aromatic N) is 1. The molecule has 1 saturated carbocycles. The van der Waals surface area contributed by atoms with Crippen LogP contribution in [-0.4, -0.2) is 23.9 Å². The highest BCUT2D eigenvalue weighted by Gasteiger charge is 2.38. The fourth-order valence-electron chi connectivity index (χ4n) is 3.46. The Labute approximate surface area is 125 Å². The van der Waals surface area contributed by atoms with Gasteiger partial charge in [0.05, 0.1) is 6.54 Å². The van der Waals surface area contributed by atoms with Crippen molar-refractivity contribution in [3.8, 4) is 0 Å². The van der Waals surface area contributed by atoms with E-state index in [4.69, 9.17) is 11.6 Å². The molecule has 1 aliphatic heterocycles. The summed E-state index contributed by atoms with van der Waals surface area (Å²) in [6.45, 7) is 3.60. The van der Waals surface area contributed by atoms with Crippen molar-refractivity contribution in [3.05, 3.63) is 34.9 Å². The lowest BCUT2D eigenvalue weighted by molar-refractivity contribution is -0.129. The monoisotopic (exact) mass is 292 g/mol. The summed E-state index contributed by atoms with van der Waals surface area (Å²) in [7, 11) is 0. The number of halogens is 1. The zero-order valence-electron chi connectivity index (χ0n) is 11.9. The third-order valence-electron chi connectivity index (χ3n) is 4.63. The highest BCUT2D eigenvalue weighted by Crippen LogP contribution is 2.40. The maximum atomic E-state index is 12.2. The Morgan fingerprint density at radius 1 is 1.30 bits per heavy atom. The Hall–Kier alpha value is -1.06. The van der Waals surface area contributed by atoms with Crippen LogP contribution in [0.15, 0.2) is 24.3 Å². The summed E-state index contributed by atoms with van der Waals surface area (Å²) in [5.74, 6) is 0.207. The van der Waals surface area contributed by atoms with E-state index < -0.39 is 0 Å². The van der Waals surface area contributed by atoms with E-state index in [2.05, 4.69) is 12.2 Å². The number of hydrogen-bond donors (Lipinski definition) is 1. The Kier molecular flexibility index (Phi) is 3.74. The van der Waals surface area contributed by atoms with Gasteiger partial charge in [0, 0.05) is 11.6 Å². The minimum Gasteiger partial charge on any atom is -0.321 e. The van der Waals surface area contributed by atoms with Crippen LogP contribution in [0.25, 0.3) is 0 Å². The van der Waals surface area contributed by atoms with Gasteiger partial charge in [0.15, 0.2) is 0 Å². The first-order valence-corrected chi connectivity index (χ1v) is 7.74. The molecule has 1 heterocycles. The Balaban J connectivity index is 1.79. The zero-order valence-corrected chi connectivity index (χ0v) is 12.6. The van der Waals surface area contributed by atoms with Crippen molar-refractivity contribution in [1.29, 1.82) is 0 Å². The minimum atomic E-state index is -0.00260. The van der Waals surface area contributed by atoms with E-state index in [0.29, 0.717) is 6.54 Å². The van der Waals surface area contributed by atoms with Gasteiger partial charge in [-0.1, -0.05) is 43.5 Å². The van der Waals surface area contributed by atoms with E-state index in [1.165, 1.54) is 25.7 Å². The highest BCUT2D eigenvalue weighted by atomic mass is 35.5. The van der Waals surface area contributed by atoms with Crippen LogP contribution in [0.3, 0.4) is 0 Å². The molecule has 1 unspecified atom stereocenters. The molecule has 0 aromatic heterocycles. The van der Waals surface area contributed by atoms with Gasteiger partial charge in [-0.05, 0) is 36.0 Å². The van der Waals surface area contributed by atoms with Gasteiger partial charge in [0.25, 0.3) is 0 Å². The first kappa shape index (κ1) is 13.9. The first-order valence-electron chi connectivity index (χ1n) is 7.36. The lowest BCUT2D eigenvalue weighted by Crippen LogP contribution is -2.38. The summed E-state index contributed by atoms with van der Waals surface area (Å²) in [5, 5.41) is 4.05. The third-order valence-corrected chi connectivity index (χ3v) is 4.88. The molecule has 3 nitrogen and oxygen atoms in total. The summed E-state index contributed by atoms with van der Waals surface area (Å²) >= 11 is 5.94. The molecular weight excluding hydrogens is 272 g/mol. The summed E-state index contributed by atoms with van der Waals surface area (Å²) < 4.78 is 0. The average molecular weight is 293 g/mol. The van der Waals surface area contributed by atoms with Gasteiger partial charge >= 0.3 is 0 Å². The molecule has 1 saturated heterocycles. The summed E-state index contributed by atoms with van der Waals surface area (Å²) in [6, 6.07) is 7.78. The second-order valence-corrected chi connectivity index (χ2v) is 6.81. The van der Waals surface area contributed by atoms with Crippen LogP contribution in [0, 0.1) is 5.41 Å². The number of hydrogen-bond acceptors (Lipinski definition) is 2. The molecule has 0 radical (unpaired) electrons. The van der Waals surface area contributed by atoms with E-state index >= 15 is 0 Å². The fourth-order valence-corrected chi connectivity index (χ4v) is 3.59. The number of carbonyl (C=O) groups excluding carboxylic acids is 1. The molecule has 1 N–H and O–H groups in total. The van der Waals surface area contributed by atoms with Crippen molar-refractivity contribution < 1.29 is 4.79 Å². The molecule has 1 aromatic rings. The van der Waals surface area contributed by atoms with Crippen LogP contribution in [-0.2, 0) is 4.79 Å². The molecule has 108 valence electrons. The van der Waals surface area contributed by atoms with Gasteiger partial charge in [-0.2, -0.15) is 0 Å².